The van der Waals surface area contributed by atoms with Crippen molar-refractivity contribution in [3.05, 3.63) is 53.2 Å². The molecule has 1 aromatic heterocycles. The maximum absolute atomic E-state index is 13.8. The Labute approximate surface area is 266 Å². The zero-order chi connectivity index (χ0) is 32.5. The van der Waals surface area contributed by atoms with Crippen molar-refractivity contribution in [1.29, 1.82) is 0 Å². The molecule has 1 atom stereocenters. The first-order chi connectivity index (χ1) is 21.3. The Hall–Kier alpha value is -3.61. The zero-order valence-corrected chi connectivity index (χ0v) is 28.0. The van der Waals surface area contributed by atoms with E-state index in [2.05, 4.69) is 39.8 Å². The molecular weight excluding hydrogens is 592 g/mol. The number of likely N-dealkylation sites (N-methyl/N-ethyl adjacent to an activating group) is 1. The second kappa shape index (κ2) is 13.4. The average Bonchev–Trinajstić information content (AvgIpc) is 3.55. The third-order valence-corrected chi connectivity index (χ3v) is 9.39. The Balaban J connectivity index is 1.35. The number of rotatable bonds is 10. The smallest absolute Gasteiger partial charge is 0.272 e. The van der Waals surface area contributed by atoms with Crippen LogP contribution in [0.4, 0.5) is 11.4 Å². The van der Waals surface area contributed by atoms with Gasteiger partial charge in [-0.1, -0.05) is 32.0 Å². The number of para-hydroxylation sites is 1. The average molecular weight is 639 g/mol. The molecule has 244 valence electrons. The normalized spacial score (nSPS) is 18.1. The second-order valence-corrected chi connectivity index (χ2v) is 14.6. The first kappa shape index (κ1) is 32.8. The molecule has 0 radical (unpaired) electrons. The van der Waals surface area contributed by atoms with Gasteiger partial charge in [-0.15, -0.1) is 0 Å². The fourth-order valence-corrected chi connectivity index (χ4v) is 7.25. The molecule has 0 aliphatic carbocycles. The summed E-state index contributed by atoms with van der Waals surface area (Å²) in [6.45, 7) is 8.88. The van der Waals surface area contributed by atoms with Crippen molar-refractivity contribution in [2.24, 2.45) is 13.0 Å². The summed E-state index contributed by atoms with van der Waals surface area (Å²) in [6, 6.07) is 11.6. The predicted molar refractivity (Wildman–Crippen MR) is 178 cm³/mol. The standard InChI is InChI=1S/C33H46N6O5S/c1-22(2)17-23-18-26(31(44-5)27(19-23)35-45(6,42)43)34-32(40)29-20-24-9-7-10-25(30(24)37(29)4)21-38-13-15-39(16-14-38)33(41)28-11-8-12-36(28)3/h7,9-10,18-20,22,28,35H,8,11-17,21H2,1-6H3,(H,34,40)/t28-/m0/s1. The van der Waals surface area contributed by atoms with Crippen molar-refractivity contribution in [3.63, 3.8) is 0 Å². The number of sulfonamides is 1. The van der Waals surface area contributed by atoms with Crippen LogP contribution in [0, 0.1) is 5.92 Å². The van der Waals surface area contributed by atoms with Gasteiger partial charge in [-0.3, -0.25) is 24.1 Å². The molecule has 12 heteroatoms. The number of carbonyl (C=O) groups excluding carboxylic acids is 2. The minimum atomic E-state index is -3.58. The molecule has 0 saturated carbocycles. The van der Waals surface area contributed by atoms with Gasteiger partial charge in [0.2, 0.25) is 15.9 Å². The van der Waals surface area contributed by atoms with Gasteiger partial charge in [0, 0.05) is 45.2 Å². The number of benzene rings is 2. The van der Waals surface area contributed by atoms with E-state index in [0.717, 1.165) is 60.8 Å². The monoisotopic (exact) mass is 638 g/mol. The number of nitrogens with one attached hydrogen (secondary N) is 2. The molecular formula is C33H46N6O5S. The highest BCUT2D eigenvalue weighted by Crippen LogP contribution is 2.37. The molecule has 2 fully saturated rings. The second-order valence-electron chi connectivity index (χ2n) is 12.8. The van der Waals surface area contributed by atoms with Crippen molar-refractivity contribution in [3.8, 4) is 5.75 Å². The number of aryl methyl sites for hydroxylation is 1. The quantitative estimate of drug-likeness (QED) is 0.348. The fraction of sp³-hybridized carbons (Fsp3) is 0.515. The van der Waals surface area contributed by atoms with Gasteiger partial charge in [0.25, 0.3) is 5.91 Å². The Kier molecular flexibility index (Phi) is 9.76. The highest BCUT2D eigenvalue weighted by molar-refractivity contribution is 7.92. The van der Waals surface area contributed by atoms with Crippen LogP contribution in [0.25, 0.3) is 10.9 Å². The molecule has 5 rings (SSSR count). The number of piperazine rings is 1. The summed E-state index contributed by atoms with van der Waals surface area (Å²) in [5.41, 5.74) is 4.12. The predicted octanol–water partition coefficient (Wildman–Crippen LogP) is 3.75. The molecule has 3 heterocycles. The Morgan fingerprint density at radius 3 is 2.36 bits per heavy atom. The summed E-state index contributed by atoms with van der Waals surface area (Å²) < 4.78 is 34.3. The summed E-state index contributed by atoms with van der Waals surface area (Å²) in [6.07, 6.45) is 3.80. The van der Waals surface area contributed by atoms with Crippen LogP contribution in [0.2, 0.25) is 0 Å². The van der Waals surface area contributed by atoms with Gasteiger partial charge in [0.1, 0.15) is 5.69 Å². The number of likely N-dealkylation sites (tertiary alicyclic amines) is 1. The summed E-state index contributed by atoms with van der Waals surface area (Å²) in [4.78, 5) is 33.4. The number of fused-ring (bicyclic) bond motifs is 1. The number of carbonyl (C=O) groups is 2. The number of hydrogen-bond donors (Lipinski definition) is 2. The lowest BCUT2D eigenvalue weighted by atomic mass is 10.0. The van der Waals surface area contributed by atoms with E-state index in [4.69, 9.17) is 4.74 Å². The van der Waals surface area contributed by atoms with Crippen LogP contribution in [0.5, 0.6) is 5.75 Å². The topological polar surface area (TPSA) is 116 Å². The lowest BCUT2D eigenvalue weighted by molar-refractivity contribution is -0.137. The van der Waals surface area contributed by atoms with Gasteiger partial charge < -0.3 is 19.5 Å². The van der Waals surface area contributed by atoms with Gasteiger partial charge in [0.15, 0.2) is 5.75 Å². The first-order valence-corrected chi connectivity index (χ1v) is 17.5. The van der Waals surface area contributed by atoms with Gasteiger partial charge in [-0.2, -0.15) is 0 Å². The number of ether oxygens (including phenoxy) is 1. The minimum absolute atomic E-state index is 0.0124. The molecule has 2 N–H and O–H groups in total. The van der Waals surface area contributed by atoms with Crippen molar-refractivity contribution in [2.45, 2.75) is 45.7 Å². The largest absolute Gasteiger partial charge is 0.492 e. The third kappa shape index (κ3) is 7.45. The van der Waals surface area contributed by atoms with E-state index in [1.54, 1.807) is 6.07 Å². The Bertz CT molecular complexity index is 1680. The summed E-state index contributed by atoms with van der Waals surface area (Å²) in [5, 5.41) is 3.95. The fourth-order valence-electron chi connectivity index (χ4n) is 6.70. The van der Waals surface area contributed by atoms with Crippen molar-refractivity contribution < 1.29 is 22.7 Å². The zero-order valence-electron chi connectivity index (χ0n) is 27.2. The first-order valence-electron chi connectivity index (χ1n) is 15.6. The molecule has 0 unspecified atom stereocenters. The van der Waals surface area contributed by atoms with E-state index in [0.29, 0.717) is 43.4 Å². The summed E-state index contributed by atoms with van der Waals surface area (Å²) >= 11 is 0. The number of amides is 2. The highest BCUT2D eigenvalue weighted by Gasteiger charge is 2.33. The van der Waals surface area contributed by atoms with E-state index >= 15 is 0 Å². The van der Waals surface area contributed by atoms with Gasteiger partial charge in [-0.25, -0.2) is 8.42 Å². The Morgan fingerprint density at radius 2 is 1.73 bits per heavy atom. The summed E-state index contributed by atoms with van der Waals surface area (Å²) in [7, 11) is 1.80. The van der Waals surface area contributed by atoms with Crippen LogP contribution in [0.15, 0.2) is 36.4 Å². The number of aromatic nitrogens is 1. The van der Waals surface area contributed by atoms with E-state index < -0.39 is 10.0 Å². The summed E-state index contributed by atoms with van der Waals surface area (Å²) in [5.74, 6) is 0.495. The maximum atomic E-state index is 13.8. The lowest BCUT2D eigenvalue weighted by Crippen LogP contribution is -2.52. The molecule has 0 bridgehead atoms. The van der Waals surface area contributed by atoms with E-state index in [9.17, 15) is 18.0 Å². The number of anilines is 2. The SMILES string of the molecule is COc1c(NC(=O)c2cc3cccc(CN4CCN(C(=O)[C@@H]5CCCN5C)CC4)c3n2C)cc(CC(C)C)cc1NS(C)(=O)=O. The van der Waals surface area contributed by atoms with Crippen LogP contribution in [-0.4, -0.2) is 98.7 Å². The van der Waals surface area contributed by atoms with Crippen LogP contribution in [0.1, 0.15) is 48.3 Å². The molecule has 0 spiro atoms. The lowest BCUT2D eigenvalue weighted by Gasteiger charge is -2.37. The highest BCUT2D eigenvalue weighted by atomic mass is 32.2. The minimum Gasteiger partial charge on any atom is -0.492 e. The number of nitrogens with zero attached hydrogens (tertiary/aromatic N) is 4. The molecule has 2 aliphatic rings. The van der Waals surface area contributed by atoms with Gasteiger partial charge in [0.05, 0.1) is 36.3 Å². The maximum Gasteiger partial charge on any atom is 0.272 e. The molecule has 2 aliphatic heterocycles. The molecule has 11 nitrogen and oxygen atoms in total. The van der Waals surface area contributed by atoms with Crippen molar-refractivity contribution in [2.75, 3.05) is 63.2 Å². The number of hydrogen-bond acceptors (Lipinski definition) is 7. The van der Waals surface area contributed by atoms with Gasteiger partial charge >= 0.3 is 0 Å². The van der Waals surface area contributed by atoms with Crippen molar-refractivity contribution >= 4 is 44.1 Å². The van der Waals surface area contributed by atoms with E-state index in [1.807, 2.05) is 47.8 Å². The van der Waals surface area contributed by atoms with E-state index in [-0.39, 0.29) is 29.3 Å². The van der Waals surface area contributed by atoms with Crippen LogP contribution >= 0.6 is 0 Å². The molecule has 45 heavy (non-hydrogen) atoms. The molecule has 3 aromatic rings. The van der Waals surface area contributed by atoms with Crippen LogP contribution in [-0.2, 0) is 34.8 Å². The van der Waals surface area contributed by atoms with Crippen molar-refractivity contribution in [1.82, 2.24) is 19.3 Å². The van der Waals surface area contributed by atoms with Crippen LogP contribution in [0.3, 0.4) is 0 Å². The van der Waals surface area contributed by atoms with Gasteiger partial charge in [-0.05, 0) is 68.1 Å². The third-order valence-electron chi connectivity index (χ3n) is 8.80. The molecule has 2 aromatic carbocycles. The molecule has 2 amide bonds. The van der Waals surface area contributed by atoms with Crippen LogP contribution < -0.4 is 14.8 Å². The van der Waals surface area contributed by atoms with E-state index in [1.165, 1.54) is 7.11 Å². The number of methoxy groups -OCH3 is 1. The molecule has 2 saturated heterocycles. The Morgan fingerprint density at radius 1 is 1.02 bits per heavy atom.